The highest BCUT2D eigenvalue weighted by Gasteiger charge is 2.19. The van der Waals surface area contributed by atoms with Crippen LogP contribution in [0.3, 0.4) is 0 Å². The van der Waals surface area contributed by atoms with E-state index in [9.17, 15) is 9.59 Å². The van der Waals surface area contributed by atoms with Crippen molar-refractivity contribution in [2.75, 3.05) is 7.11 Å². The number of para-hydroxylation sites is 1. The highest BCUT2D eigenvalue weighted by Crippen LogP contribution is 2.30. The summed E-state index contributed by atoms with van der Waals surface area (Å²) in [5, 5.41) is 0.803. The summed E-state index contributed by atoms with van der Waals surface area (Å²) in [6.45, 7) is 1.67. The minimum atomic E-state index is -0.524. The molecule has 9 nitrogen and oxygen atoms in total. The molecule has 0 amide bonds. The van der Waals surface area contributed by atoms with E-state index in [2.05, 4.69) is 15.0 Å². The van der Waals surface area contributed by atoms with Crippen LogP contribution in [0.1, 0.15) is 11.5 Å². The van der Waals surface area contributed by atoms with Crippen molar-refractivity contribution >= 4 is 22.6 Å². The summed E-state index contributed by atoms with van der Waals surface area (Å²) in [6, 6.07) is 14.3. The second-order valence-electron chi connectivity index (χ2n) is 7.89. The second kappa shape index (κ2) is 8.84. The Morgan fingerprint density at radius 1 is 1.06 bits per heavy atom. The Morgan fingerprint density at radius 2 is 1.80 bits per heavy atom. The molecule has 0 atom stereocenters. The molecular formula is C25H20ClN5O4. The average molecular weight is 490 g/mol. The van der Waals surface area contributed by atoms with Crippen molar-refractivity contribution in [1.29, 1.82) is 0 Å². The minimum Gasteiger partial charge on any atom is -0.496 e. The summed E-state index contributed by atoms with van der Waals surface area (Å²) in [5.74, 6) is 1.83. The topological polar surface area (TPSA) is 105 Å². The fourth-order valence-electron chi connectivity index (χ4n) is 3.82. The molecule has 0 aliphatic carbocycles. The van der Waals surface area contributed by atoms with Gasteiger partial charge in [-0.1, -0.05) is 23.7 Å². The molecule has 0 saturated heterocycles. The van der Waals surface area contributed by atoms with E-state index in [0.29, 0.717) is 39.5 Å². The van der Waals surface area contributed by atoms with Crippen LogP contribution in [0.5, 0.6) is 5.75 Å². The molecule has 0 aliphatic rings. The third-order valence-corrected chi connectivity index (χ3v) is 5.97. The zero-order valence-electron chi connectivity index (χ0n) is 19.2. The van der Waals surface area contributed by atoms with E-state index >= 15 is 0 Å². The number of nitrogens with zero attached hydrogens (tertiary/aromatic N) is 5. The monoisotopic (exact) mass is 489 g/mol. The van der Waals surface area contributed by atoms with E-state index < -0.39 is 11.2 Å². The Labute approximate surface area is 204 Å². The van der Waals surface area contributed by atoms with Gasteiger partial charge in [0.1, 0.15) is 22.6 Å². The molecule has 0 aliphatic heterocycles. The van der Waals surface area contributed by atoms with Crippen LogP contribution in [0.25, 0.3) is 33.9 Å². The summed E-state index contributed by atoms with van der Waals surface area (Å²) in [4.78, 5) is 39.8. The van der Waals surface area contributed by atoms with Gasteiger partial charge in [0, 0.05) is 23.8 Å². The summed E-state index contributed by atoms with van der Waals surface area (Å²) < 4.78 is 13.7. The first-order valence-corrected chi connectivity index (χ1v) is 11.1. The normalized spacial score (nSPS) is 11.2. The Balaban J connectivity index is 1.57. The number of hydrogen-bond donors (Lipinski definition) is 0. The molecule has 2 aromatic carbocycles. The molecule has 35 heavy (non-hydrogen) atoms. The third kappa shape index (κ3) is 4.00. The van der Waals surface area contributed by atoms with Gasteiger partial charge in [0.15, 0.2) is 11.5 Å². The van der Waals surface area contributed by atoms with E-state index in [1.54, 1.807) is 51.4 Å². The SMILES string of the molecule is COc1ccccc1-c1nc(Cn2c(=O)c3cnc(-c4ccc(Cl)cc4)nc3n(C)c2=O)c(C)o1. The first kappa shape index (κ1) is 22.5. The van der Waals surface area contributed by atoms with Crippen molar-refractivity contribution in [2.45, 2.75) is 13.5 Å². The van der Waals surface area contributed by atoms with Gasteiger partial charge in [-0.25, -0.2) is 19.7 Å². The van der Waals surface area contributed by atoms with Gasteiger partial charge in [0.05, 0.1) is 19.2 Å². The number of rotatable bonds is 5. The predicted molar refractivity (Wildman–Crippen MR) is 132 cm³/mol. The van der Waals surface area contributed by atoms with Crippen LogP contribution in [0.4, 0.5) is 0 Å². The number of halogens is 1. The van der Waals surface area contributed by atoms with Crippen molar-refractivity contribution in [2.24, 2.45) is 7.05 Å². The molecule has 5 aromatic rings. The van der Waals surface area contributed by atoms with Gasteiger partial charge in [-0.2, -0.15) is 0 Å². The zero-order chi connectivity index (χ0) is 24.7. The maximum Gasteiger partial charge on any atom is 0.332 e. The van der Waals surface area contributed by atoms with Crippen LogP contribution in [-0.4, -0.2) is 31.2 Å². The molecule has 176 valence electrons. The van der Waals surface area contributed by atoms with E-state index in [1.807, 2.05) is 18.2 Å². The third-order valence-electron chi connectivity index (χ3n) is 5.72. The Kier molecular flexibility index (Phi) is 5.70. The fourth-order valence-corrected chi connectivity index (χ4v) is 3.95. The Morgan fingerprint density at radius 3 is 2.54 bits per heavy atom. The standard InChI is InChI=1S/C25H20ClN5O4/c1-14-19(28-23(35-14)17-6-4-5-7-20(17)34-3)13-31-24(32)18-12-27-21(15-8-10-16(26)11-9-15)29-22(18)30(2)25(31)33/h4-12H,13H2,1-3H3. The molecule has 3 aromatic heterocycles. The highest BCUT2D eigenvalue weighted by molar-refractivity contribution is 6.30. The number of benzene rings is 2. The number of ether oxygens (including phenoxy) is 1. The number of fused-ring (bicyclic) bond motifs is 1. The van der Waals surface area contributed by atoms with Gasteiger partial charge >= 0.3 is 5.69 Å². The minimum absolute atomic E-state index is 0.0646. The quantitative estimate of drug-likeness (QED) is 0.369. The first-order chi connectivity index (χ1) is 16.9. The molecular weight excluding hydrogens is 470 g/mol. The van der Waals surface area contributed by atoms with Crippen molar-refractivity contribution in [3.05, 3.63) is 92.0 Å². The zero-order valence-corrected chi connectivity index (χ0v) is 19.9. The summed E-state index contributed by atoms with van der Waals surface area (Å²) in [6.07, 6.45) is 1.43. The maximum absolute atomic E-state index is 13.3. The smallest absolute Gasteiger partial charge is 0.332 e. The lowest BCUT2D eigenvalue weighted by molar-refractivity contribution is 0.414. The van der Waals surface area contributed by atoms with Crippen molar-refractivity contribution in [1.82, 2.24) is 24.1 Å². The molecule has 0 bridgehead atoms. The second-order valence-corrected chi connectivity index (χ2v) is 8.33. The summed E-state index contributed by atoms with van der Waals surface area (Å²) >= 11 is 5.96. The van der Waals surface area contributed by atoms with Gasteiger partial charge in [0.2, 0.25) is 5.89 Å². The fraction of sp³-hybridized carbons (Fsp3) is 0.160. The number of aromatic nitrogens is 5. The Bertz CT molecular complexity index is 1690. The average Bonchev–Trinajstić information content (AvgIpc) is 3.25. The van der Waals surface area contributed by atoms with Crippen LogP contribution < -0.4 is 16.0 Å². The summed E-state index contributed by atoms with van der Waals surface area (Å²) in [5.41, 5.74) is 1.06. The molecule has 0 spiro atoms. The molecule has 0 saturated carbocycles. The van der Waals surface area contributed by atoms with Crippen LogP contribution in [0, 0.1) is 6.92 Å². The van der Waals surface area contributed by atoms with Crippen molar-refractivity contribution < 1.29 is 9.15 Å². The predicted octanol–water partition coefficient (Wildman–Crippen LogP) is 3.83. The molecule has 3 heterocycles. The lowest BCUT2D eigenvalue weighted by Crippen LogP contribution is -2.40. The lowest BCUT2D eigenvalue weighted by Gasteiger charge is -2.10. The van der Waals surface area contributed by atoms with Crippen LogP contribution >= 0.6 is 11.6 Å². The van der Waals surface area contributed by atoms with Gasteiger partial charge in [-0.05, 0) is 43.3 Å². The van der Waals surface area contributed by atoms with E-state index in [-0.39, 0.29) is 17.6 Å². The largest absolute Gasteiger partial charge is 0.496 e. The first-order valence-electron chi connectivity index (χ1n) is 10.7. The van der Waals surface area contributed by atoms with E-state index in [1.165, 1.54) is 10.8 Å². The van der Waals surface area contributed by atoms with E-state index in [4.69, 9.17) is 20.8 Å². The van der Waals surface area contributed by atoms with Crippen molar-refractivity contribution in [3.63, 3.8) is 0 Å². The van der Waals surface area contributed by atoms with Crippen LogP contribution in [0.2, 0.25) is 5.02 Å². The molecule has 0 fully saturated rings. The number of aryl methyl sites for hydroxylation is 2. The maximum atomic E-state index is 13.3. The van der Waals surface area contributed by atoms with Gasteiger partial charge in [-0.3, -0.25) is 13.9 Å². The Hall–Kier alpha value is -4.24. The summed E-state index contributed by atoms with van der Waals surface area (Å²) in [7, 11) is 3.13. The molecule has 0 N–H and O–H groups in total. The van der Waals surface area contributed by atoms with E-state index in [0.717, 1.165) is 10.1 Å². The molecule has 10 heteroatoms. The molecule has 5 rings (SSSR count). The molecule has 0 unspecified atom stereocenters. The molecule has 0 radical (unpaired) electrons. The lowest BCUT2D eigenvalue weighted by atomic mass is 10.2. The van der Waals surface area contributed by atoms with Crippen LogP contribution in [0.15, 0.2) is 68.7 Å². The van der Waals surface area contributed by atoms with Gasteiger partial charge in [0.25, 0.3) is 5.56 Å². The van der Waals surface area contributed by atoms with Gasteiger partial charge < -0.3 is 9.15 Å². The van der Waals surface area contributed by atoms with Crippen LogP contribution in [-0.2, 0) is 13.6 Å². The highest BCUT2D eigenvalue weighted by atomic mass is 35.5. The van der Waals surface area contributed by atoms with Gasteiger partial charge in [-0.15, -0.1) is 0 Å². The number of methoxy groups -OCH3 is 1. The number of hydrogen-bond acceptors (Lipinski definition) is 7. The van der Waals surface area contributed by atoms with Crippen molar-refractivity contribution in [3.8, 4) is 28.6 Å². The number of oxazole rings is 1.